The van der Waals surface area contributed by atoms with Crippen LogP contribution in [0.1, 0.15) is 32.6 Å². The molecule has 0 fully saturated rings. The number of rotatable bonds is 7. The van der Waals surface area contributed by atoms with Crippen LogP contribution >= 0.6 is 0 Å². The first kappa shape index (κ1) is 18.8. The molecule has 0 saturated carbocycles. The Balaban J connectivity index is 3.98. The predicted molar refractivity (Wildman–Crippen MR) is 59.8 cm³/mol. The Labute approximate surface area is 112 Å². The van der Waals surface area contributed by atoms with Crippen LogP contribution in [0.5, 0.6) is 0 Å². The quantitative estimate of drug-likeness (QED) is 0.301. The molecule has 2 nitrogen and oxygen atoms in total. The van der Waals surface area contributed by atoms with Crippen LogP contribution in [-0.2, 0) is 9.53 Å². The fourth-order valence-electron chi connectivity index (χ4n) is 1.43. The number of esters is 1. The van der Waals surface area contributed by atoms with Crippen molar-refractivity contribution in [2.24, 2.45) is 5.92 Å². The molecule has 0 aliphatic heterocycles. The van der Waals surface area contributed by atoms with E-state index in [0.29, 0.717) is 0 Å². The summed E-state index contributed by atoms with van der Waals surface area (Å²) >= 11 is 0. The van der Waals surface area contributed by atoms with Crippen molar-refractivity contribution in [3.05, 3.63) is 12.2 Å². The van der Waals surface area contributed by atoms with Crippen LogP contribution in [0.15, 0.2) is 12.2 Å². The van der Waals surface area contributed by atoms with Gasteiger partial charge in [-0.1, -0.05) is 19.4 Å². The Morgan fingerprint density at radius 1 is 1.05 bits per heavy atom. The topological polar surface area (TPSA) is 26.3 Å². The monoisotopic (exact) mass is 306 g/mol. The minimum absolute atomic E-state index is 0.0472. The van der Waals surface area contributed by atoms with Gasteiger partial charge in [-0.25, -0.2) is 4.79 Å². The number of hydrogen-bond donors (Lipinski definition) is 0. The summed E-state index contributed by atoms with van der Waals surface area (Å²) in [6, 6.07) is 0. The first-order chi connectivity index (χ1) is 8.96. The third-order valence-corrected chi connectivity index (χ3v) is 2.51. The molecule has 118 valence electrons. The third-order valence-electron chi connectivity index (χ3n) is 2.51. The van der Waals surface area contributed by atoms with Gasteiger partial charge in [-0.2, -0.15) is 26.3 Å². The van der Waals surface area contributed by atoms with E-state index < -0.39 is 30.7 Å². The highest BCUT2D eigenvalue weighted by Crippen LogP contribution is 2.42. The van der Waals surface area contributed by atoms with Gasteiger partial charge >= 0.3 is 18.3 Å². The first-order valence-electron chi connectivity index (χ1n) is 5.92. The highest BCUT2D eigenvalue weighted by atomic mass is 19.4. The first-order valence-corrected chi connectivity index (χ1v) is 5.92. The second-order valence-electron chi connectivity index (χ2n) is 4.40. The van der Waals surface area contributed by atoms with Gasteiger partial charge in [0, 0.05) is 5.57 Å². The van der Waals surface area contributed by atoms with Crippen LogP contribution in [0.4, 0.5) is 26.3 Å². The summed E-state index contributed by atoms with van der Waals surface area (Å²) in [7, 11) is 0. The number of ether oxygens (including phenoxy) is 1. The minimum atomic E-state index is -5.29. The molecule has 0 unspecified atom stereocenters. The Morgan fingerprint density at radius 3 is 1.95 bits per heavy atom. The average Bonchev–Trinajstić information content (AvgIpc) is 2.23. The molecule has 0 aliphatic rings. The summed E-state index contributed by atoms with van der Waals surface area (Å²) < 4.78 is 77.8. The summed E-state index contributed by atoms with van der Waals surface area (Å²) in [4.78, 5) is 10.9. The maximum atomic E-state index is 12.2. The number of carbonyl (C=O) groups excluding carboxylic acids is 1. The van der Waals surface area contributed by atoms with Gasteiger partial charge in [-0.05, 0) is 19.8 Å². The zero-order chi connectivity index (χ0) is 16.0. The third kappa shape index (κ3) is 7.40. The number of halogens is 6. The molecule has 0 atom stereocenters. The van der Waals surface area contributed by atoms with Crippen molar-refractivity contribution in [1.29, 1.82) is 0 Å². The van der Waals surface area contributed by atoms with Gasteiger partial charge in [0.15, 0.2) is 5.92 Å². The molecule has 0 radical (unpaired) electrons. The van der Waals surface area contributed by atoms with E-state index >= 15 is 0 Å². The standard InChI is InChI=1S/C12H16F6O2/c1-8(2)10(19)20-7-5-3-4-6-9(11(13,14)15)12(16,17)18/h9H,1,3-7H2,2H3. The highest BCUT2D eigenvalue weighted by molar-refractivity contribution is 5.86. The van der Waals surface area contributed by atoms with Gasteiger partial charge in [0.2, 0.25) is 0 Å². The van der Waals surface area contributed by atoms with Crippen molar-refractivity contribution >= 4 is 5.97 Å². The van der Waals surface area contributed by atoms with Gasteiger partial charge in [0.05, 0.1) is 6.61 Å². The van der Waals surface area contributed by atoms with E-state index in [1.165, 1.54) is 6.92 Å². The van der Waals surface area contributed by atoms with Crippen molar-refractivity contribution in [2.75, 3.05) is 6.61 Å². The molecule has 0 bridgehead atoms. The van der Waals surface area contributed by atoms with E-state index in [2.05, 4.69) is 11.3 Å². The molecule has 0 aliphatic carbocycles. The average molecular weight is 306 g/mol. The van der Waals surface area contributed by atoms with Gasteiger partial charge in [-0.15, -0.1) is 0 Å². The van der Waals surface area contributed by atoms with E-state index in [1.807, 2.05) is 0 Å². The van der Waals surface area contributed by atoms with Crippen LogP contribution in [0.3, 0.4) is 0 Å². The number of alkyl halides is 6. The molecular formula is C12H16F6O2. The Hall–Kier alpha value is -1.21. The second kappa shape index (κ2) is 7.54. The summed E-state index contributed by atoms with van der Waals surface area (Å²) in [5.74, 6) is -3.93. The highest BCUT2D eigenvalue weighted by Gasteiger charge is 2.55. The van der Waals surface area contributed by atoms with Crippen molar-refractivity contribution in [2.45, 2.75) is 45.0 Å². The predicted octanol–water partition coefficient (Wildman–Crippen LogP) is 4.41. The normalized spacial score (nSPS) is 12.6. The number of hydrogen-bond acceptors (Lipinski definition) is 2. The molecule has 0 amide bonds. The van der Waals surface area contributed by atoms with E-state index in [-0.39, 0.29) is 31.4 Å². The summed E-state index contributed by atoms with van der Waals surface area (Å²) in [5, 5.41) is 0. The van der Waals surface area contributed by atoms with Crippen LogP contribution in [0.25, 0.3) is 0 Å². The molecular weight excluding hydrogens is 290 g/mol. The number of carbonyl (C=O) groups is 1. The largest absolute Gasteiger partial charge is 0.462 e. The van der Waals surface area contributed by atoms with Crippen molar-refractivity contribution < 1.29 is 35.9 Å². The smallest absolute Gasteiger partial charge is 0.400 e. The molecule has 0 heterocycles. The molecule has 8 heteroatoms. The lowest BCUT2D eigenvalue weighted by Gasteiger charge is -2.22. The summed E-state index contributed by atoms with van der Waals surface area (Å²) in [5.41, 5.74) is 0.180. The second-order valence-corrected chi connectivity index (χ2v) is 4.40. The lowest BCUT2D eigenvalue weighted by molar-refractivity contribution is -0.285. The fraction of sp³-hybridized carbons (Fsp3) is 0.750. The van der Waals surface area contributed by atoms with Gasteiger partial charge in [0.25, 0.3) is 0 Å². The minimum Gasteiger partial charge on any atom is -0.462 e. The fourth-order valence-corrected chi connectivity index (χ4v) is 1.43. The lowest BCUT2D eigenvalue weighted by Crippen LogP contribution is -2.36. The van der Waals surface area contributed by atoms with E-state index in [9.17, 15) is 31.1 Å². The lowest BCUT2D eigenvalue weighted by atomic mass is 10.00. The molecule has 0 aromatic carbocycles. The Bertz CT molecular complexity index is 318. The van der Waals surface area contributed by atoms with E-state index in [4.69, 9.17) is 0 Å². The molecule has 0 saturated heterocycles. The van der Waals surface area contributed by atoms with Crippen molar-refractivity contribution in [1.82, 2.24) is 0 Å². The molecule has 0 spiro atoms. The molecule has 0 aromatic rings. The maximum absolute atomic E-state index is 12.2. The molecule has 0 rings (SSSR count). The van der Waals surface area contributed by atoms with Crippen molar-refractivity contribution in [3.8, 4) is 0 Å². The van der Waals surface area contributed by atoms with Crippen LogP contribution in [0, 0.1) is 5.92 Å². The van der Waals surface area contributed by atoms with Gasteiger partial charge in [0.1, 0.15) is 0 Å². The SMILES string of the molecule is C=C(C)C(=O)OCCCCCC(C(F)(F)F)C(F)(F)F. The van der Waals surface area contributed by atoms with Crippen molar-refractivity contribution in [3.63, 3.8) is 0 Å². The van der Waals surface area contributed by atoms with Crippen LogP contribution in [0.2, 0.25) is 0 Å². The van der Waals surface area contributed by atoms with E-state index in [1.54, 1.807) is 0 Å². The molecule has 20 heavy (non-hydrogen) atoms. The van der Waals surface area contributed by atoms with E-state index in [0.717, 1.165) is 0 Å². The summed E-state index contributed by atoms with van der Waals surface area (Å²) in [6.07, 6.45) is -11.5. The molecule has 0 N–H and O–H groups in total. The zero-order valence-electron chi connectivity index (χ0n) is 10.9. The van der Waals surface area contributed by atoms with Crippen LogP contribution in [-0.4, -0.2) is 24.9 Å². The van der Waals surface area contributed by atoms with Gasteiger partial charge < -0.3 is 4.74 Å². The zero-order valence-corrected chi connectivity index (χ0v) is 10.9. The van der Waals surface area contributed by atoms with Crippen LogP contribution < -0.4 is 0 Å². The number of unbranched alkanes of at least 4 members (excludes halogenated alkanes) is 2. The summed E-state index contributed by atoms with van der Waals surface area (Å²) in [6.45, 7) is 4.71. The van der Waals surface area contributed by atoms with Gasteiger partial charge in [-0.3, -0.25) is 0 Å². The maximum Gasteiger partial charge on any atom is 0.400 e. The Kier molecular flexibility index (Phi) is 7.08. The molecule has 0 aromatic heterocycles. The Morgan fingerprint density at radius 2 is 1.55 bits per heavy atom.